The molecule has 7 nitrogen and oxygen atoms in total. The van der Waals surface area contributed by atoms with Gasteiger partial charge in [-0.15, -0.1) is 0 Å². The summed E-state index contributed by atoms with van der Waals surface area (Å²) in [6.07, 6.45) is 0. The Morgan fingerprint density at radius 2 is 0.300 bits per heavy atom. The largest absolute Gasteiger partial charge is 1.00 e. The van der Waals surface area contributed by atoms with E-state index in [1.165, 1.54) is 0 Å². The monoisotopic (exact) mass is 336 g/mol. The molecule has 14 N–H and O–H groups in total. The van der Waals surface area contributed by atoms with Gasteiger partial charge in [0.2, 0.25) is 0 Å². The second-order valence-electron chi connectivity index (χ2n) is 0. The van der Waals surface area contributed by atoms with Crippen LogP contribution in [0.5, 0.6) is 0 Å². The second kappa shape index (κ2) is 356. The first kappa shape index (κ1) is 473. The Kier molecular flexibility index (Phi) is 16800. The van der Waals surface area contributed by atoms with Gasteiger partial charge in [0.25, 0.3) is 0 Å². The van der Waals surface area contributed by atoms with Crippen LogP contribution in [0, 0.1) is 41.7 Å². The number of rotatable bonds is 0. The summed E-state index contributed by atoms with van der Waals surface area (Å²) in [5, 5.41) is 0. The van der Waals surface area contributed by atoms with Crippen molar-refractivity contribution in [2.75, 3.05) is 0 Å². The molecule has 0 rings (SSSR count). The molecule has 10 heavy (non-hydrogen) atoms. The van der Waals surface area contributed by atoms with Gasteiger partial charge in [0.15, 0.2) is 0 Å². The number of hydrogen-bond donors (Lipinski definition) is 0. The SMILES string of the molecule is O.O.O.O.O.O.O.[Ce].[Cl-].[Cl-]. The van der Waals surface area contributed by atoms with Gasteiger partial charge in [-0.25, -0.2) is 0 Å². The number of hydrogen-bond acceptors (Lipinski definition) is 0. The van der Waals surface area contributed by atoms with Crippen LogP contribution in [0.4, 0.5) is 0 Å². The van der Waals surface area contributed by atoms with E-state index in [1.807, 2.05) is 0 Å². The Morgan fingerprint density at radius 1 is 0.300 bits per heavy atom. The Balaban J connectivity index is 0. The summed E-state index contributed by atoms with van der Waals surface area (Å²) < 4.78 is 0. The van der Waals surface area contributed by atoms with E-state index >= 15 is 0 Å². The Labute approximate surface area is 104 Å². The van der Waals surface area contributed by atoms with Crippen LogP contribution < -0.4 is 24.8 Å². The van der Waals surface area contributed by atoms with Crippen LogP contribution >= 0.6 is 0 Å². The normalized spacial score (nSPS) is 0. The fourth-order valence-electron chi connectivity index (χ4n) is 0. The Morgan fingerprint density at radius 3 is 0.300 bits per heavy atom. The molecule has 0 spiro atoms. The van der Waals surface area contributed by atoms with E-state index in [0.717, 1.165) is 0 Å². The molecular weight excluding hydrogens is 323 g/mol. The van der Waals surface area contributed by atoms with Crippen molar-refractivity contribution < 1.29 is 105 Å². The standard InChI is InChI=1S/Ce.2ClH.7H2O/h;2*1H;7*1H2/p-2. The van der Waals surface area contributed by atoms with E-state index in [2.05, 4.69) is 0 Å². The van der Waals surface area contributed by atoms with Gasteiger partial charge in [-0.3, -0.25) is 0 Å². The van der Waals surface area contributed by atoms with Crippen molar-refractivity contribution >= 4 is 0 Å². The molecule has 0 aromatic rings. The van der Waals surface area contributed by atoms with Gasteiger partial charge in [-0.2, -0.15) is 0 Å². The number of halogens is 2. The van der Waals surface area contributed by atoms with Crippen LogP contribution in [0.25, 0.3) is 0 Å². The first-order valence-corrected chi connectivity index (χ1v) is 0. The summed E-state index contributed by atoms with van der Waals surface area (Å²) >= 11 is 0. The third-order valence-electron chi connectivity index (χ3n) is 0. The van der Waals surface area contributed by atoms with Crippen LogP contribution in [-0.4, -0.2) is 38.3 Å². The molecule has 76 valence electrons. The molecule has 0 bridgehead atoms. The molecule has 0 saturated heterocycles. The van der Waals surface area contributed by atoms with Crippen LogP contribution in [0.3, 0.4) is 0 Å². The van der Waals surface area contributed by atoms with E-state index in [-0.39, 0.29) is 105 Å². The molecule has 10 heteroatoms. The van der Waals surface area contributed by atoms with Crippen molar-refractivity contribution in [3.63, 3.8) is 0 Å². The molecule has 0 aromatic carbocycles. The minimum absolute atomic E-state index is 0. The van der Waals surface area contributed by atoms with Gasteiger partial charge in [-0.05, 0) is 0 Å². The predicted octanol–water partition coefficient (Wildman–Crippen LogP) is -11.8. The van der Waals surface area contributed by atoms with Crippen LogP contribution in [0.15, 0.2) is 0 Å². The fraction of sp³-hybridized carbons (Fsp3) is 0. The molecule has 0 heterocycles. The minimum Gasteiger partial charge on any atom is -1.00 e. The van der Waals surface area contributed by atoms with Crippen molar-refractivity contribution in [1.82, 2.24) is 0 Å². The molecule has 0 aliphatic rings. The van der Waals surface area contributed by atoms with Crippen molar-refractivity contribution in [2.45, 2.75) is 0 Å². The third-order valence-corrected chi connectivity index (χ3v) is 0. The first-order chi connectivity index (χ1) is 0. The predicted molar refractivity (Wildman–Crippen MR) is 25.3 cm³/mol. The average molecular weight is 337 g/mol. The molecular formula is H14CeCl2O7-2. The zero-order valence-electron chi connectivity index (χ0n) is 4.76. The molecule has 0 unspecified atom stereocenters. The summed E-state index contributed by atoms with van der Waals surface area (Å²) in [7, 11) is 0. The quantitative estimate of drug-likeness (QED) is 0.401. The molecule has 0 atom stereocenters. The van der Waals surface area contributed by atoms with Gasteiger partial charge < -0.3 is 63.1 Å². The molecule has 0 radical (unpaired) electrons. The molecule has 0 aromatic heterocycles. The average Bonchev–Trinajstić information content (AvgIpc) is 0. The molecule has 0 fully saturated rings. The van der Waals surface area contributed by atoms with Gasteiger partial charge >= 0.3 is 0 Å². The van der Waals surface area contributed by atoms with Gasteiger partial charge in [0.1, 0.15) is 0 Å². The summed E-state index contributed by atoms with van der Waals surface area (Å²) in [5.74, 6) is 0. The molecule has 0 aliphatic carbocycles. The summed E-state index contributed by atoms with van der Waals surface area (Å²) in [5.41, 5.74) is 0. The van der Waals surface area contributed by atoms with E-state index < -0.39 is 0 Å². The maximum Gasteiger partial charge on any atom is 0 e. The van der Waals surface area contributed by atoms with Gasteiger partial charge in [0.05, 0.1) is 0 Å². The van der Waals surface area contributed by atoms with E-state index in [0.29, 0.717) is 0 Å². The van der Waals surface area contributed by atoms with Crippen molar-refractivity contribution in [2.24, 2.45) is 0 Å². The van der Waals surface area contributed by atoms with Crippen molar-refractivity contribution in [1.29, 1.82) is 0 Å². The van der Waals surface area contributed by atoms with Crippen molar-refractivity contribution in [3.8, 4) is 0 Å². The Hall–Kier alpha value is 1.68. The third kappa shape index (κ3) is 259. The Bertz CT molecular complexity index is 11.6. The van der Waals surface area contributed by atoms with Gasteiger partial charge in [0, 0.05) is 41.7 Å². The summed E-state index contributed by atoms with van der Waals surface area (Å²) in [4.78, 5) is 0. The summed E-state index contributed by atoms with van der Waals surface area (Å²) in [6.45, 7) is 0. The zero-order chi connectivity index (χ0) is 0. The van der Waals surface area contributed by atoms with Crippen LogP contribution in [0.2, 0.25) is 0 Å². The van der Waals surface area contributed by atoms with Crippen molar-refractivity contribution in [3.05, 3.63) is 0 Å². The molecule has 0 aliphatic heterocycles. The van der Waals surface area contributed by atoms with Crippen LogP contribution in [0.1, 0.15) is 0 Å². The molecule has 0 saturated carbocycles. The first-order valence-electron chi connectivity index (χ1n) is 0. The smallest absolute Gasteiger partial charge is 0 e. The maximum atomic E-state index is 0. The van der Waals surface area contributed by atoms with E-state index in [1.54, 1.807) is 0 Å². The zero-order valence-corrected chi connectivity index (χ0v) is 9.41. The second-order valence-corrected chi connectivity index (χ2v) is 0. The van der Waals surface area contributed by atoms with Crippen LogP contribution in [-0.2, 0) is 0 Å². The van der Waals surface area contributed by atoms with Gasteiger partial charge in [-0.1, -0.05) is 0 Å². The van der Waals surface area contributed by atoms with E-state index in [4.69, 9.17) is 0 Å². The summed E-state index contributed by atoms with van der Waals surface area (Å²) in [6, 6.07) is 0. The molecule has 0 amide bonds. The minimum atomic E-state index is 0. The topological polar surface area (TPSA) is 220 Å². The maximum absolute atomic E-state index is 0. The fourth-order valence-corrected chi connectivity index (χ4v) is 0. The van der Waals surface area contributed by atoms with E-state index in [9.17, 15) is 0 Å².